The fourth-order valence-electron chi connectivity index (χ4n) is 2.22. The molecule has 0 saturated heterocycles. The van der Waals surface area contributed by atoms with Crippen molar-refractivity contribution < 1.29 is 14.6 Å². The Labute approximate surface area is 125 Å². The summed E-state index contributed by atoms with van der Waals surface area (Å²) in [6, 6.07) is 13.0. The number of phenols is 1. The SMILES string of the molecule is CCOc1cc(NC(C)c2ccccc2O)ccc1OC. The van der Waals surface area contributed by atoms with Crippen molar-refractivity contribution in [2.75, 3.05) is 19.0 Å². The number of hydrogen-bond acceptors (Lipinski definition) is 4. The Bertz CT molecular complexity index is 598. The van der Waals surface area contributed by atoms with Crippen molar-refractivity contribution in [2.45, 2.75) is 19.9 Å². The van der Waals surface area contributed by atoms with Crippen LogP contribution in [0.2, 0.25) is 0 Å². The monoisotopic (exact) mass is 287 g/mol. The topological polar surface area (TPSA) is 50.7 Å². The van der Waals surface area contributed by atoms with Crippen LogP contribution in [0.4, 0.5) is 5.69 Å². The van der Waals surface area contributed by atoms with E-state index in [-0.39, 0.29) is 11.8 Å². The van der Waals surface area contributed by atoms with Crippen LogP contribution in [0.5, 0.6) is 17.2 Å². The van der Waals surface area contributed by atoms with Crippen molar-refractivity contribution >= 4 is 5.69 Å². The Morgan fingerprint density at radius 3 is 2.57 bits per heavy atom. The van der Waals surface area contributed by atoms with Crippen molar-refractivity contribution in [2.24, 2.45) is 0 Å². The largest absolute Gasteiger partial charge is 0.508 e. The molecule has 2 rings (SSSR count). The van der Waals surface area contributed by atoms with E-state index >= 15 is 0 Å². The molecule has 2 N–H and O–H groups in total. The van der Waals surface area contributed by atoms with E-state index in [1.807, 2.05) is 50.2 Å². The molecule has 112 valence electrons. The third kappa shape index (κ3) is 3.60. The first kappa shape index (κ1) is 15.0. The van der Waals surface area contributed by atoms with Crippen LogP contribution in [-0.4, -0.2) is 18.8 Å². The van der Waals surface area contributed by atoms with Gasteiger partial charge in [-0.25, -0.2) is 0 Å². The number of phenolic OH excluding ortho intramolecular Hbond substituents is 1. The standard InChI is InChI=1S/C17H21NO3/c1-4-21-17-11-13(9-10-16(17)20-3)18-12(2)14-7-5-6-8-15(14)19/h5-12,18-19H,4H2,1-3H3. The van der Waals surface area contributed by atoms with E-state index in [1.165, 1.54) is 0 Å². The van der Waals surface area contributed by atoms with E-state index in [4.69, 9.17) is 9.47 Å². The van der Waals surface area contributed by atoms with Crippen LogP contribution in [0.25, 0.3) is 0 Å². The average molecular weight is 287 g/mol. The van der Waals surface area contributed by atoms with Gasteiger partial charge in [-0.2, -0.15) is 0 Å². The lowest BCUT2D eigenvalue weighted by Crippen LogP contribution is -2.07. The summed E-state index contributed by atoms with van der Waals surface area (Å²) in [5, 5.41) is 13.2. The van der Waals surface area contributed by atoms with Gasteiger partial charge in [-0.15, -0.1) is 0 Å². The van der Waals surface area contributed by atoms with Gasteiger partial charge in [0.05, 0.1) is 19.8 Å². The smallest absolute Gasteiger partial charge is 0.163 e. The zero-order valence-electron chi connectivity index (χ0n) is 12.6. The van der Waals surface area contributed by atoms with E-state index in [9.17, 15) is 5.11 Å². The van der Waals surface area contributed by atoms with Crippen molar-refractivity contribution in [1.82, 2.24) is 0 Å². The molecule has 4 nitrogen and oxygen atoms in total. The molecule has 0 spiro atoms. The molecule has 0 radical (unpaired) electrons. The van der Waals surface area contributed by atoms with E-state index in [0.717, 1.165) is 11.3 Å². The fraction of sp³-hybridized carbons (Fsp3) is 0.294. The lowest BCUT2D eigenvalue weighted by atomic mass is 10.1. The van der Waals surface area contributed by atoms with Crippen LogP contribution in [0.1, 0.15) is 25.5 Å². The van der Waals surface area contributed by atoms with Crippen LogP contribution in [-0.2, 0) is 0 Å². The van der Waals surface area contributed by atoms with Gasteiger partial charge in [0.1, 0.15) is 5.75 Å². The molecule has 0 fully saturated rings. The number of nitrogens with one attached hydrogen (secondary N) is 1. The van der Waals surface area contributed by atoms with E-state index in [0.29, 0.717) is 18.1 Å². The molecule has 0 aliphatic rings. The Morgan fingerprint density at radius 1 is 1.14 bits per heavy atom. The first-order valence-corrected chi connectivity index (χ1v) is 7.01. The minimum absolute atomic E-state index is 0.0194. The van der Waals surface area contributed by atoms with Gasteiger partial charge in [-0.05, 0) is 32.0 Å². The van der Waals surface area contributed by atoms with Gasteiger partial charge >= 0.3 is 0 Å². The second-order valence-electron chi connectivity index (χ2n) is 4.72. The molecule has 0 aliphatic carbocycles. The van der Waals surface area contributed by atoms with Gasteiger partial charge < -0.3 is 19.9 Å². The molecule has 4 heteroatoms. The summed E-state index contributed by atoms with van der Waals surface area (Å²) in [5.41, 5.74) is 1.77. The van der Waals surface area contributed by atoms with Gasteiger partial charge in [-0.3, -0.25) is 0 Å². The molecule has 0 saturated carbocycles. The number of ether oxygens (including phenoxy) is 2. The number of benzene rings is 2. The minimum atomic E-state index is -0.0194. The predicted octanol–water partition coefficient (Wildman–Crippen LogP) is 3.97. The highest BCUT2D eigenvalue weighted by atomic mass is 16.5. The highest BCUT2D eigenvalue weighted by Crippen LogP contribution is 2.32. The third-order valence-corrected chi connectivity index (χ3v) is 3.25. The molecule has 2 aromatic carbocycles. The van der Waals surface area contributed by atoms with Crippen LogP contribution in [0, 0.1) is 0 Å². The summed E-state index contributed by atoms with van der Waals surface area (Å²) < 4.78 is 10.8. The van der Waals surface area contributed by atoms with Gasteiger partial charge in [0.25, 0.3) is 0 Å². The Kier molecular flexibility index (Phi) is 4.93. The van der Waals surface area contributed by atoms with Gasteiger partial charge in [0.15, 0.2) is 11.5 Å². The van der Waals surface area contributed by atoms with Crippen LogP contribution >= 0.6 is 0 Å². The Hall–Kier alpha value is -2.36. The zero-order valence-corrected chi connectivity index (χ0v) is 12.6. The van der Waals surface area contributed by atoms with E-state index < -0.39 is 0 Å². The van der Waals surface area contributed by atoms with Gasteiger partial charge in [0, 0.05) is 17.3 Å². The number of rotatable bonds is 6. The van der Waals surface area contributed by atoms with Crippen molar-refractivity contribution in [3.63, 3.8) is 0 Å². The van der Waals surface area contributed by atoms with Crippen molar-refractivity contribution in [1.29, 1.82) is 0 Å². The molecular weight excluding hydrogens is 266 g/mol. The zero-order chi connectivity index (χ0) is 15.2. The first-order valence-electron chi connectivity index (χ1n) is 7.01. The highest BCUT2D eigenvalue weighted by Gasteiger charge is 2.11. The Balaban J connectivity index is 2.19. The lowest BCUT2D eigenvalue weighted by molar-refractivity contribution is 0.311. The summed E-state index contributed by atoms with van der Waals surface area (Å²) in [4.78, 5) is 0. The molecule has 0 heterocycles. The summed E-state index contributed by atoms with van der Waals surface area (Å²) in [6.07, 6.45) is 0. The molecule has 0 aromatic heterocycles. The summed E-state index contributed by atoms with van der Waals surface area (Å²) in [5.74, 6) is 1.70. The number of para-hydroxylation sites is 1. The highest BCUT2D eigenvalue weighted by molar-refractivity contribution is 5.56. The van der Waals surface area contributed by atoms with E-state index in [2.05, 4.69) is 5.32 Å². The van der Waals surface area contributed by atoms with Crippen molar-refractivity contribution in [3.8, 4) is 17.2 Å². The molecule has 0 aliphatic heterocycles. The molecule has 0 bridgehead atoms. The maximum Gasteiger partial charge on any atom is 0.163 e. The molecule has 1 atom stereocenters. The number of anilines is 1. The molecular formula is C17H21NO3. The number of methoxy groups -OCH3 is 1. The first-order chi connectivity index (χ1) is 10.2. The average Bonchev–Trinajstić information content (AvgIpc) is 2.48. The maximum atomic E-state index is 9.90. The second-order valence-corrected chi connectivity index (χ2v) is 4.72. The number of aromatic hydroxyl groups is 1. The van der Waals surface area contributed by atoms with Gasteiger partial charge in [0.2, 0.25) is 0 Å². The summed E-state index contributed by atoms with van der Waals surface area (Å²) in [7, 11) is 1.62. The molecule has 2 aromatic rings. The lowest BCUT2D eigenvalue weighted by Gasteiger charge is -2.18. The summed E-state index contributed by atoms with van der Waals surface area (Å²) in [6.45, 7) is 4.51. The Morgan fingerprint density at radius 2 is 1.90 bits per heavy atom. The van der Waals surface area contributed by atoms with Crippen LogP contribution < -0.4 is 14.8 Å². The molecule has 21 heavy (non-hydrogen) atoms. The molecule has 0 amide bonds. The fourth-order valence-corrected chi connectivity index (χ4v) is 2.22. The third-order valence-electron chi connectivity index (χ3n) is 3.25. The summed E-state index contributed by atoms with van der Waals surface area (Å²) >= 11 is 0. The number of hydrogen-bond donors (Lipinski definition) is 2. The van der Waals surface area contributed by atoms with Crippen molar-refractivity contribution in [3.05, 3.63) is 48.0 Å². The normalized spacial score (nSPS) is 11.8. The van der Waals surface area contributed by atoms with Crippen LogP contribution in [0.3, 0.4) is 0 Å². The molecule has 1 unspecified atom stereocenters. The van der Waals surface area contributed by atoms with E-state index in [1.54, 1.807) is 13.2 Å². The predicted molar refractivity (Wildman–Crippen MR) is 84.3 cm³/mol. The maximum absolute atomic E-state index is 9.90. The minimum Gasteiger partial charge on any atom is -0.508 e. The second kappa shape index (κ2) is 6.88. The van der Waals surface area contributed by atoms with Gasteiger partial charge in [-0.1, -0.05) is 18.2 Å². The quantitative estimate of drug-likeness (QED) is 0.844. The van der Waals surface area contributed by atoms with Crippen LogP contribution in [0.15, 0.2) is 42.5 Å².